The molecule has 1 atom stereocenters. The third-order valence-electron chi connectivity index (χ3n) is 2.30. The molecule has 3 nitrogen and oxygen atoms in total. The molecule has 1 unspecified atom stereocenters. The lowest BCUT2D eigenvalue weighted by Gasteiger charge is -2.21. The molecule has 84 valence electrons. The fraction of sp³-hybridized carbons (Fsp3) is 0.500. The topological polar surface area (TPSA) is 55.5 Å². The summed E-state index contributed by atoms with van der Waals surface area (Å²) >= 11 is 0. The molecule has 0 radical (unpaired) electrons. The predicted octanol–water partition coefficient (Wildman–Crippen LogP) is 1.09. The summed E-state index contributed by atoms with van der Waals surface area (Å²) < 4.78 is 5.03. The van der Waals surface area contributed by atoms with E-state index >= 15 is 0 Å². The Morgan fingerprint density at radius 1 is 1.27 bits per heavy atom. The summed E-state index contributed by atoms with van der Waals surface area (Å²) in [5, 5.41) is 9.05. The molecular formula is C12H19NO2. The van der Waals surface area contributed by atoms with E-state index in [1.807, 2.05) is 31.2 Å². The van der Waals surface area contributed by atoms with E-state index in [0.717, 1.165) is 11.1 Å². The number of hydrogen-bond acceptors (Lipinski definition) is 3. The van der Waals surface area contributed by atoms with Crippen LogP contribution in [0.5, 0.6) is 0 Å². The Morgan fingerprint density at radius 3 is 2.27 bits per heavy atom. The molecule has 0 spiro atoms. The van der Waals surface area contributed by atoms with E-state index in [0.29, 0.717) is 13.0 Å². The van der Waals surface area contributed by atoms with Gasteiger partial charge in [-0.05, 0) is 24.5 Å². The van der Waals surface area contributed by atoms with Crippen molar-refractivity contribution < 1.29 is 9.84 Å². The van der Waals surface area contributed by atoms with Gasteiger partial charge in [-0.2, -0.15) is 0 Å². The number of nitrogens with two attached hydrogens (primary N) is 1. The number of methoxy groups -OCH3 is 1. The first-order valence-corrected chi connectivity index (χ1v) is 5.04. The summed E-state index contributed by atoms with van der Waals surface area (Å²) in [6.45, 7) is 2.46. The number of hydrogen-bond donors (Lipinski definition) is 2. The van der Waals surface area contributed by atoms with Gasteiger partial charge in [-0.25, -0.2) is 0 Å². The Labute approximate surface area is 90.9 Å². The molecule has 0 aliphatic carbocycles. The van der Waals surface area contributed by atoms with Gasteiger partial charge < -0.3 is 15.6 Å². The second kappa shape index (κ2) is 5.26. The minimum absolute atomic E-state index is 0.00712. The van der Waals surface area contributed by atoms with Crippen molar-refractivity contribution in [3.8, 4) is 0 Å². The van der Waals surface area contributed by atoms with Gasteiger partial charge in [0.1, 0.15) is 0 Å². The highest BCUT2D eigenvalue weighted by Crippen LogP contribution is 2.12. The maximum atomic E-state index is 9.05. The summed E-state index contributed by atoms with van der Waals surface area (Å²) in [5.74, 6) is 0. The van der Waals surface area contributed by atoms with E-state index in [1.165, 1.54) is 0 Å². The van der Waals surface area contributed by atoms with Gasteiger partial charge in [-0.1, -0.05) is 24.3 Å². The van der Waals surface area contributed by atoms with Crippen LogP contribution in [-0.2, 0) is 17.8 Å². The Kier molecular flexibility index (Phi) is 4.27. The second-order valence-electron chi connectivity index (χ2n) is 4.24. The van der Waals surface area contributed by atoms with Crippen molar-refractivity contribution in [3.63, 3.8) is 0 Å². The van der Waals surface area contributed by atoms with Crippen LogP contribution < -0.4 is 5.73 Å². The summed E-state index contributed by atoms with van der Waals surface area (Å²) in [6, 6.07) is 8.09. The first kappa shape index (κ1) is 12.2. The van der Waals surface area contributed by atoms with Crippen LogP contribution in [0.3, 0.4) is 0 Å². The highest BCUT2D eigenvalue weighted by Gasteiger charge is 2.17. The third kappa shape index (κ3) is 4.00. The molecule has 1 rings (SSSR count). The average Bonchev–Trinajstić information content (AvgIpc) is 2.21. The van der Waals surface area contributed by atoms with E-state index in [1.54, 1.807) is 7.11 Å². The number of ether oxygens (including phenoxy) is 1. The van der Waals surface area contributed by atoms with Crippen LogP contribution in [0.4, 0.5) is 0 Å². The molecule has 0 aromatic heterocycles. The maximum Gasteiger partial charge on any atom is 0.0713 e. The number of benzene rings is 1. The number of aliphatic hydroxyl groups is 1. The van der Waals surface area contributed by atoms with Gasteiger partial charge in [0.25, 0.3) is 0 Å². The summed E-state index contributed by atoms with van der Waals surface area (Å²) in [7, 11) is 1.68. The molecule has 0 aliphatic heterocycles. The van der Waals surface area contributed by atoms with Crippen LogP contribution in [0.2, 0.25) is 0 Å². The van der Waals surface area contributed by atoms with Crippen LogP contribution in [0, 0.1) is 0 Å². The highest BCUT2D eigenvalue weighted by atomic mass is 16.5. The lowest BCUT2D eigenvalue weighted by Crippen LogP contribution is -2.42. The van der Waals surface area contributed by atoms with E-state index in [-0.39, 0.29) is 6.61 Å². The molecule has 3 heteroatoms. The van der Waals surface area contributed by atoms with E-state index in [2.05, 4.69) is 0 Å². The Morgan fingerprint density at radius 2 is 1.80 bits per heavy atom. The van der Waals surface area contributed by atoms with E-state index < -0.39 is 5.54 Å². The number of rotatable bonds is 5. The lowest BCUT2D eigenvalue weighted by molar-refractivity contribution is 0.185. The van der Waals surface area contributed by atoms with Gasteiger partial charge in [0.15, 0.2) is 0 Å². The standard InChI is InChI=1S/C12H19NO2/c1-12(13,9-14)7-10-3-5-11(6-4-10)8-15-2/h3-6,14H,7-9,13H2,1-2H3. The van der Waals surface area contributed by atoms with Gasteiger partial charge in [0, 0.05) is 12.6 Å². The SMILES string of the molecule is COCc1ccc(CC(C)(N)CO)cc1. The first-order chi connectivity index (χ1) is 7.07. The molecule has 0 bridgehead atoms. The summed E-state index contributed by atoms with van der Waals surface area (Å²) in [6.07, 6.45) is 0.677. The summed E-state index contributed by atoms with van der Waals surface area (Å²) in [5.41, 5.74) is 7.61. The van der Waals surface area contributed by atoms with Gasteiger partial charge >= 0.3 is 0 Å². The van der Waals surface area contributed by atoms with Crippen molar-refractivity contribution in [3.05, 3.63) is 35.4 Å². The van der Waals surface area contributed by atoms with Crippen molar-refractivity contribution in [2.24, 2.45) is 5.73 Å². The average molecular weight is 209 g/mol. The Balaban J connectivity index is 2.64. The van der Waals surface area contributed by atoms with Crippen LogP contribution in [0.15, 0.2) is 24.3 Å². The first-order valence-electron chi connectivity index (χ1n) is 5.04. The minimum Gasteiger partial charge on any atom is -0.394 e. The zero-order valence-corrected chi connectivity index (χ0v) is 9.36. The van der Waals surface area contributed by atoms with Crippen molar-refractivity contribution in [1.82, 2.24) is 0 Å². The van der Waals surface area contributed by atoms with E-state index in [9.17, 15) is 0 Å². The van der Waals surface area contributed by atoms with Gasteiger partial charge in [-0.15, -0.1) is 0 Å². The molecule has 0 heterocycles. The van der Waals surface area contributed by atoms with Gasteiger partial charge in [-0.3, -0.25) is 0 Å². The highest BCUT2D eigenvalue weighted by molar-refractivity contribution is 5.23. The fourth-order valence-electron chi connectivity index (χ4n) is 1.44. The van der Waals surface area contributed by atoms with Crippen molar-refractivity contribution in [2.75, 3.05) is 13.7 Å². The van der Waals surface area contributed by atoms with Gasteiger partial charge in [0.05, 0.1) is 13.2 Å². The molecule has 0 saturated heterocycles. The molecule has 3 N–H and O–H groups in total. The summed E-state index contributed by atoms with van der Waals surface area (Å²) in [4.78, 5) is 0. The maximum absolute atomic E-state index is 9.05. The van der Waals surface area contributed by atoms with Crippen LogP contribution in [0.25, 0.3) is 0 Å². The minimum atomic E-state index is -0.539. The monoisotopic (exact) mass is 209 g/mol. The van der Waals surface area contributed by atoms with Crippen LogP contribution in [0.1, 0.15) is 18.1 Å². The van der Waals surface area contributed by atoms with E-state index in [4.69, 9.17) is 15.6 Å². The molecule has 1 aromatic rings. The van der Waals surface area contributed by atoms with Crippen LogP contribution >= 0.6 is 0 Å². The van der Waals surface area contributed by atoms with Crippen LogP contribution in [-0.4, -0.2) is 24.4 Å². The van der Waals surface area contributed by atoms with Gasteiger partial charge in [0.2, 0.25) is 0 Å². The van der Waals surface area contributed by atoms with Crippen molar-refractivity contribution in [2.45, 2.75) is 25.5 Å². The molecule has 15 heavy (non-hydrogen) atoms. The molecule has 0 amide bonds. The molecule has 0 aliphatic rings. The zero-order valence-electron chi connectivity index (χ0n) is 9.36. The second-order valence-corrected chi connectivity index (χ2v) is 4.24. The largest absolute Gasteiger partial charge is 0.394 e. The molecule has 0 fully saturated rings. The quantitative estimate of drug-likeness (QED) is 0.763. The molecular weight excluding hydrogens is 190 g/mol. The Bertz CT molecular complexity index is 293. The molecule has 1 aromatic carbocycles. The molecule has 0 saturated carbocycles. The van der Waals surface area contributed by atoms with Crippen molar-refractivity contribution in [1.29, 1.82) is 0 Å². The zero-order chi connectivity index (χ0) is 11.3. The lowest BCUT2D eigenvalue weighted by atomic mass is 9.94. The normalized spacial score (nSPS) is 14.9. The third-order valence-corrected chi connectivity index (χ3v) is 2.30. The smallest absolute Gasteiger partial charge is 0.0713 e. The Hall–Kier alpha value is -0.900. The predicted molar refractivity (Wildman–Crippen MR) is 60.5 cm³/mol. The van der Waals surface area contributed by atoms with Crippen molar-refractivity contribution >= 4 is 0 Å². The fourth-order valence-corrected chi connectivity index (χ4v) is 1.44. The number of aliphatic hydroxyl groups excluding tert-OH is 1.